The van der Waals surface area contributed by atoms with Crippen LogP contribution in [0.1, 0.15) is 36.0 Å². The quantitative estimate of drug-likeness (QED) is 0.792. The van der Waals surface area contributed by atoms with Crippen LogP contribution in [0.5, 0.6) is 0 Å². The first-order valence-corrected chi connectivity index (χ1v) is 10.3. The molecule has 150 valence electrons. The summed E-state index contributed by atoms with van der Waals surface area (Å²) in [7, 11) is 0. The fourth-order valence-corrected chi connectivity index (χ4v) is 5.40. The molecule has 4 rings (SSSR count). The van der Waals surface area contributed by atoms with Gasteiger partial charge in [-0.1, -0.05) is 18.2 Å². The van der Waals surface area contributed by atoms with Gasteiger partial charge in [-0.2, -0.15) is 0 Å². The van der Waals surface area contributed by atoms with Gasteiger partial charge in [-0.3, -0.25) is 14.5 Å². The predicted octanol–water partition coefficient (Wildman–Crippen LogP) is 2.44. The smallest absolute Gasteiger partial charge is 0.254 e. The third-order valence-corrected chi connectivity index (χ3v) is 6.55. The standard InChI is InChI=1S/C22H28FN3O2/c1-2-10-25-13-15-11-16(14-25)20(26-19(15)8-5-9-21(26)27)12-24-22(28)17-6-3-4-7-18(17)23/h2-4,6-7,15-16,19-20H,1,5,8-14H2,(H,24,28)/t15-,16+,19+,20+/m1/s1. The van der Waals surface area contributed by atoms with Gasteiger partial charge in [0.05, 0.1) is 11.6 Å². The van der Waals surface area contributed by atoms with Crippen molar-refractivity contribution in [3.05, 3.63) is 48.3 Å². The summed E-state index contributed by atoms with van der Waals surface area (Å²) >= 11 is 0. The Morgan fingerprint density at radius 3 is 2.86 bits per heavy atom. The molecule has 1 N–H and O–H groups in total. The van der Waals surface area contributed by atoms with Crippen molar-refractivity contribution in [2.24, 2.45) is 11.8 Å². The Balaban J connectivity index is 1.53. The Bertz CT molecular complexity index is 768. The molecule has 28 heavy (non-hydrogen) atoms. The van der Waals surface area contributed by atoms with E-state index in [9.17, 15) is 14.0 Å². The van der Waals surface area contributed by atoms with Crippen LogP contribution in [0, 0.1) is 17.7 Å². The van der Waals surface area contributed by atoms with Crippen LogP contribution in [0.15, 0.2) is 36.9 Å². The lowest BCUT2D eigenvalue weighted by Gasteiger charge is -2.56. The van der Waals surface area contributed by atoms with Gasteiger partial charge >= 0.3 is 0 Å². The highest BCUT2D eigenvalue weighted by atomic mass is 19.1. The lowest BCUT2D eigenvalue weighted by atomic mass is 9.72. The summed E-state index contributed by atoms with van der Waals surface area (Å²) in [5.74, 6) is 0.0677. The maximum absolute atomic E-state index is 13.9. The molecule has 3 heterocycles. The lowest BCUT2D eigenvalue weighted by Crippen LogP contribution is -2.67. The van der Waals surface area contributed by atoms with Crippen molar-refractivity contribution in [2.75, 3.05) is 26.2 Å². The van der Waals surface area contributed by atoms with Crippen LogP contribution >= 0.6 is 0 Å². The van der Waals surface area contributed by atoms with Crippen molar-refractivity contribution in [1.82, 2.24) is 15.1 Å². The number of nitrogens with one attached hydrogen (secondary N) is 1. The normalized spacial score (nSPS) is 29.9. The molecular formula is C22H28FN3O2. The van der Waals surface area contributed by atoms with Crippen LogP contribution in [-0.2, 0) is 4.79 Å². The summed E-state index contributed by atoms with van der Waals surface area (Å²) in [6.07, 6.45) is 5.58. The maximum Gasteiger partial charge on any atom is 0.254 e. The fourth-order valence-electron chi connectivity index (χ4n) is 5.40. The molecule has 3 aliphatic rings. The van der Waals surface area contributed by atoms with Crippen LogP contribution in [0.2, 0.25) is 0 Å². The first kappa shape index (κ1) is 19.1. The molecule has 1 aromatic rings. The van der Waals surface area contributed by atoms with Gasteiger partial charge in [-0.25, -0.2) is 4.39 Å². The van der Waals surface area contributed by atoms with Crippen LogP contribution in [0.4, 0.5) is 4.39 Å². The number of carbonyl (C=O) groups is 2. The summed E-state index contributed by atoms with van der Waals surface area (Å²) in [6.45, 7) is 6.99. The van der Waals surface area contributed by atoms with E-state index in [1.54, 1.807) is 12.1 Å². The zero-order chi connectivity index (χ0) is 19.7. The molecule has 0 aromatic heterocycles. The van der Waals surface area contributed by atoms with Crippen molar-refractivity contribution < 1.29 is 14.0 Å². The minimum absolute atomic E-state index is 0.0302. The Hall–Kier alpha value is -2.21. The minimum Gasteiger partial charge on any atom is -0.350 e. The number of likely N-dealkylation sites (tertiary alicyclic amines) is 1. The van der Waals surface area contributed by atoms with Crippen molar-refractivity contribution in [3.8, 4) is 0 Å². The van der Waals surface area contributed by atoms with E-state index in [4.69, 9.17) is 0 Å². The Morgan fingerprint density at radius 1 is 1.29 bits per heavy atom. The summed E-state index contributed by atoms with van der Waals surface area (Å²) < 4.78 is 13.9. The van der Waals surface area contributed by atoms with E-state index in [-0.39, 0.29) is 23.6 Å². The highest BCUT2D eigenvalue weighted by Gasteiger charge is 2.49. The third-order valence-electron chi connectivity index (χ3n) is 6.55. The highest BCUT2D eigenvalue weighted by Crippen LogP contribution is 2.41. The van der Waals surface area contributed by atoms with Crippen LogP contribution in [0.3, 0.4) is 0 Å². The van der Waals surface area contributed by atoms with Gasteiger partial charge in [0.25, 0.3) is 5.91 Å². The van der Waals surface area contributed by atoms with Crippen LogP contribution in [0.25, 0.3) is 0 Å². The monoisotopic (exact) mass is 385 g/mol. The van der Waals surface area contributed by atoms with Crippen molar-refractivity contribution >= 4 is 11.8 Å². The summed E-state index contributed by atoms with van der Waals surface area (Å²) in [5.41, 5.74) is 0.0506. The average Bonchev–Trinajstić information content (AvgIpc) is 2.69. The number of hydrogen-bond acceptors (Lipinski definition) is 3. The number of carbonyl (C=O) groups excluding carboxylic acids is 2. The highest BCUT2D eigenvalue weighted by molar-refractivity contribution is 5.94. The van der Waals surface area contributed by atoms with Crippen molar-refractivity contribution in [2.45, 2.75) is 37.8 Å². The molecule has 0 spiro atoms. The summed E-state index contributed by atoms with van der Waals surface area (Å²) in [4.78, 5) is 29.8. The Kier molecular flexibility index (Phi) is 5.49. The lowest BCUT2D eigenvalue weighted by molar-refractivity contribution is -0.152. The second kappa shape index (κ2) is 8.03. The number of rotatable bonds is 5. The Labute approximate surface area is 165 Å². The van der Waals surface area contributed by atoms with Crippen molar-refractivity contribution in [1.29, 1.82) is 0 Å². The van der Waals surface area contributed by atoms with Gasteiger partial charge in [-0.05, 0) is 43.2 Å². The van der Waals surface area contributed by atoms with E-state index in [2.05, 4.69) is 21.7 Å². The molecule has 3 aliphatic heterocycles. The van der Waals surface area contributed by atoms with E-state index in [1.165, 1.54) is 12.1 Å². The number of hydrogen-bond donors (Lipinski definition) is 1. The van der Waals surface area contributed by atoms with Crippen molar-refractivity contribution in [3.63, 3.8) is 0 Å². The maximum atomic E-state index is 13.9. The second-order valence-corrected chi connectivity index (χ2v) is 8.28. The zero-order valence-electron chi connectivity index (χ0n) is 16.1. The summed E-state index contributed by atoms with van der Waals surface area (Å²) in [5, 5.41) is 2.90. The molecular weight excluding hydrogens is 357 g/mol. The topological polar surface area (TPSA) is 52.7 Å². The van der Waals surface area contributed by atoms with E-state index >= 15 is 0 Å². The van der Waals surface area contributed by atoms with Gasteiger partial charge < -0.3 is 10.2 Å². The van der Waals surface area contributed by atoms with E-state index in [0.717, 1.165) is 38.9 Å². The molecule has 0 unspecified atom stereocenters. The van der Waals surface area contributed by atoms with Gasteiger partial charge in [0.15, 0.2) is 0 Å². The SMILES string of the molecule is C=CCN1C[C@H]2C[C@@H](C1)[C@H](CNC(=O)c1ccccc1F)N1C(=O)CCC[C@@H]21. The predicted molar refractivity (Wildman–Crippen MR) is 105 cm³/mol. The summed E-state index contributed by atoms with van der Waals surface area (Å²) in [6, 6.07) is 6.22. The van der Waals surface area contributed by atoms with E-state index < -0.39 is 11.7 Å². The number of fused-ring (bicyclic) bond motifs is 4. The van der Waals surface area contributed by atoms with Gasteiger partial charge in [-0.15, -0.1) is 6.58 Å². The van der Waals surface area contributed by atoms with Crippen LogP contribution < -0.4 is 5.32 Å². The third kappa shape index (κ3) is 3.58. The van der Waals surface area contributed by atoms with E-state index in [1.807, 2.05) is 6.08 Å². The van der Waals surface area contributed by atoms with Gasteiger partial charge in [0, 0.05) is 38.6 Å². The fraction of sp³-hybridized carbons (Fsp3) is 0.545. The molecule has 5 nitrogen and oxygen atoms in total. The molecule has 0 radical (unpaired) electrons. The average molecular weight is 385 g/mol. The number of benzene rings is 1. The molecule has 3 saturated heterocycles. The molecule has 0 aliphatic carbocycles. The molecule has 4 atom stereocenters. The molecule has 2 bridgehead atoms. The first-order chi connectivity index (χ1) is 13.6. The molecule has 2 amide bonds. The zero-order valence-corrected chi connectivity index (χ0v) is 16.1. The number of piperidine rings is 3. The number of nitrogens with zero attached hydrogens (tertiary/aromatic N) is 2. The molecule has 3 fully saturated rings. The van der Waals surface area contributed by atoms with Crippen LogP contribution in [-0.4, -0.2) is 59.9 Å². The molecule has 6 heteroatoms. The van der Waals surface area contributed by atoms with Gasteiger partial charge in [0.2, 0.25) is 5.91 Å². The molecule has 1 aromatic carbocycles. The number of halogens is 1. The first-order valence-electron chi connectivity index (χ1n) is 10.3. The number of amides is 2. The Morgan fingerprint density at radius 2 is 2.07 bits per heavy atom. The minimum atomic E-state index is -0.523. The van der Waals surface area contributed by atoms with Gasteiger partial charge in [0.1, 0.15) is 5.82 Å². The molecule has 0 saturated carbocycles. The van der Waals surface area contributed by atoms with E-state index in [0.29, 0.717) is 24.8 Å². The largest absolute Gasteiger partial charge is 0.350 e. The second-order valence-electron chi connectivity index (χ2n) is 8.28.